The molecule has 1 aliphatic heterocycles. The molecule has 1 saturated heterocycles. The minimum atomic E-state index is -0.397. The number of ether oxygens (including phenoxy) is 1. The van der Waals surface area contributed by atoms with E-state index in [0.717, 1.165) is 16.6 Å². The van der Waals surface area contributed by atoms with Gasteiger partial charge in [0.25, 0.3) is 0 Å². The summed E-state index contributed by atoms with van der Waals surface area (Å²) in [4.78, 5) is 0. The average molecular weight is 333 g/mol. The Bertz CT molecular complexity index is 597. The summed E-state index contributed by atoms with van der Waals surface area (Å²) in [5, 5.41) is 12.5. The molecule has 2 rings (SSSR count). The Morgan fingerprint density at radius 2 is 1.88 bits per heavy atom. The number of aliphatic hydroxyl groups excluding tert-OH is 1. The van der Waals surface area contributed by atoms with Crippen LogP contribution in [0.5, 0.6) is 5.75 Å². The van der Waals surface area contributed by atoms with Crippen LogP contribution in [0.3, 0.4) is 0 Å². The molecule has 2 N–H and O–H groups in total. The van der Waals surface area contributed by atoms with Crippen LogP contribution in [0.2, 0.25) is 0 Å². The third kappa shape index (κ3) is 3.83. The number of hydrogen-bond acceptors (Lipinski definition) is 5. The van der Waals surface area contributed by atoms with Gasteiger partial charge in [0.15, 0.2) is 0 Å². The molecule has 0 unspecified atom stereocenters. The van der Waals surface area contributed by atoms with Crippen LogP contribution in [0.1, 0.15) is 38.8 Å². The van der Waals surface area contributed by atoms with Gasteiger partial charge in [0.2, 0.25) is 0 Å². The number of benzene rings is 1. The second-order valence-electron chi connectivity index (χ2n) is 7.07. The minimum absolute atomic E-state index is 0.0479. The number of rotatable bonds is 6. The van der Waals surface area contributed by atoms with Crippen molar-refractivity contribution in [3.05, 3.63) is 34.8 Å². The molecule has 0 spiro atoms. The number of hydrogen-bond donors (Lipinski definition) is 2. The molecule has 132 valence electrons. The number of aliphatic hydroxyl groups is 1. The van der Waals surface area contributed by atoms with Crippen molar-refractivity contribution in [2.45, 2.75) is 45.5 Å². The van der Waals surface area contributed by atoms with E-state index in [9.17, 15) is 5.11 Å². The summed E-state index contributed by atoms with van der Waals surface area (Å²) in [5.41, 5.74) is 2.01. The van der Waals surface area contributed by atoms with Gasteiger partial charge in [0, 0.05) is 12.1 Å². The van der Waals surface area contributed by atoms with Crippen molar-refractivity contribution in [3.8, 4) is 5.75 Å². The first kappa shape index (κ1) is 19.0. The Hall–Kier alpha value is -1.34. The predicted molar refractivity (Wildman–Crippen MR) is 96.9 cm³/mol. The summed E-state index contributed by atoms with van der Waals surface area (Å²) in [5.74, 6) is 0.670. The van der Waals surface area contributed by atoms with E-state index in [1.54, 1.807) is 7.11 Å². The fourth-order valence-corrected chi connectivity index (χ4v) is 2.60. The summed E-state index contributed by atoms with van der Waals surface area (Å²) in [6, 6.07) is 5.73. The largest absolute Gasteiger partial charge is 0.496 e. The fourth-order valence-electron chi connectivity index (χ4n) is 2.60. The monoisotopic (exact) mass is 333 g/mol. The zero-order chi connectivity index (χ0) is 18.0. The van der Waals surface area contributed by atoms with Crippen molar-refractivity contribution >= 4 is 13.2 Å². The summed E-state index contributed by atoms with van der Waals surface area (Å²) >= 11 is 0. The molecule has 1 aromatic carbocycles. The van der Waals surface area contributed by atoms with Crippen molar-refractivity contribution in [2.75, 3.05) is 20.7 Å². The second-order valence-corrected chi connectivity index (χ2v) is 7.07. The van der Waals surface area contributed by atoms with E-state index < -0.39 is 7.12 Å². The molecule has 0 atom stereocenters. The molecule has 0 aliphatic carbocycles. The Kier molecular flexibility index (Phi) is 5.76. The molecule has 0 radical (unpaired) electrons. The van der Waals surface area contributed by atoms with Crippen LogP contribution in [-0.4, -0.2) is 44.1 Å². The SMILES string of the molecule is CNCC(=Cc1ccc(CO)c(OC)c1)B1OC(C)(C)C(C)(C)O1. The highest BCUT2D eigenvalue weighted by molar-refractivity contribution is 6.55. The molecule has 1 aromatic rings. The molecule has 1 aliphatic rings. The highest BCUT2D eigenvalue weighted by atomic mass is 16.7. The highest BCUT2D eigenvalue weighted by Gasteiger charge is 2.52. The van der Waals surface area contributed by atoms with Crippen LogP contribution in [0.4, 0.5) is 0 Å². The molecule has 0 amide bonds. The lowest BCUT2D eigenvalue weighted by Gasteiger charge is -2.32. The number of methoxy groups -OCH3 is 1. The summed E-state index contributed by atoms with van der Waals surface area (Å²) in [6.07, 6.45) is 2.04. The van der Waals surface area contributed by atoms with E-state index in [2.05, 4.69) is 5.32 Å². The first-order chi connectivity index (χ1) is 11.2. The third-order valence-corrected chi connectivity index (χ3v) is 4.77. The zero-order valence-electron chi connectivity index (χ0n) is 15.5. The van der Waals surface area contributed by atoms with Gasteiger partial charge in [-0.3, -0.25) is 0 Å². The molecular formula is C18H28BNO4. The Labute approximate surface area is 145 Å². The quantitative estimate of drug-likeness (QED) is 0.783. The van der Waals surface area contributed by atoms with Gasteiger partial charge in [-0.15, -0.1) is 0 Å². The Morgan fingerprint density at radius 3 is 2.38 bits per heavy atom. The first-order valence-electron chi connectivity index (χ1n) is 8.22. The van der Waals surface area contributed by atoms with Gasteiger partial charge in [-0.1, -0.05) is 18.2 Å². The molecule has 6 heteroatoms. The van der Waals surface area contributed by atoms with Crippen LogP contribution >= 0.6 is 0 Å². The van der Waals surface area contributed by atoms with E-state index in [-0.39, 0.29) is 17.8 Å². The van der Waals surface area contributed by atoms with E-state index >= 15 is 0 Å². The van der Waals surface area contributed by atoms with Gasteiger partial charge >= 0.3 is 7.12 Å². The van der Waals surface area contributed by atoms with Crippen LogP contribution < -0.4 is 10.1 Å². The van der Waals surface area contributed by atoms with Gasteiger partial charge in [-0.25, -0.2) is 0 Å². The lowest BCUT2D eigenvalue weighted by molar-refractivity contribution is 0.00578. The second kappa shape index (κ2) is 7.27. The van der Waals surface area contributed by atoms with Gasteiger partial charge in [-0.05, 0) is 51.8 Å². The molecule has 0 bridgehead atoms. The normalized spacial score (nSPS) is 19.6. The maximum atomic E-state index is 9.35. The maximum Gasteiger partial charge on any atom is 0.491 e. The zero-order valence-corrected chi connectivity index (χ0v) is 15.5. The lowest BCUT2D eigenvalue weighted by Crippen LogP contribution is -2.41. The van der Waals surface area contributed by atoms with Crippen molar-refractivity contribution in [3.63, 3.8) is 0 Å². The van der Waals surface area contributed by atoms with Crippen molar-refractivity contribution in [1.82, 2.24) is 5.32 Å². The van der Waals surface area contributed by atoms with E-state index in [1.165, 1.54) is 0 Å². The van der Waals surface area contributed by atoms with Crippen LogP contribution in [0, 0.1) is 0 Å². The smallest absolute Gasteiger partial charge is 0.491 e. The maximum absolute atomic E-state index is 9.35. The molecule has 0 aromatic heterocycles. The van der Waals surface area contributed by atoms with Crippen LogP contribution in [0.25, 0.3) is 6.08 Å². The lowest BCUT2D eigenvalue weighted by atomic mass is 9.77. The van der Waals surface area contributed by atoms with Gasteiger partial charge in [0.1, 0.15) is 5.75 Å². The minimum Gasteiger partial charge on any atom is -0.496 e. The molecule has 0 saturated carbocycles. The molecule has 1 fully saturated rings. The molecule has 1 heterocycles. The van der Waals surface area contributed by atoms with Gasteiger partial charge in [-0.2, -0.15) is 0 Å². The summed E-state index contributed by atoms with van der Waals surface area (Å²) in [7, 11) is 3.10. The van der Waals surface area contributed by atoms with Gasteiger partial charge < -0.3 is 24.5 Å². The van der Waals surface area contributed by atoms with Crippen LogP contribution in [0.15, 0.2) is 23.7 Å². The topological polar surface area (TPSA) is 60.0 Å². The first-order valence-corrected chi connectivity index (χ1v) is 8.22. The Morgan fingerprint density at radius 1 is 1.25 bits per heavy atom. The van der Waals surface area contributed by atoms with E-state index in [4.69, 9.17) is 14.0 Å². The van der Waals surface area contributed by atoms with Crippen molar-refractivity contribution in [1.29, 1.82) is 0 Å². The standard InChI is InChI=1S/C18H28BNO4/c1-17(2)18(3,4)24-19(23-17)15(11-20-5)9-13-7-8-14(12-21)16(10-13)22-6/h7-10,20-21H,11-12H2,1-6H3. The number of nitrogens with one attached hydrogen (secondary N) is 1. The van der Waals surface area contributed by atoms with Gasteiger partial charge in [0.05, 0.1) is 24.9 Å². The van der Waals surface area contributed by atoms with Crippen molar-refractivity contribution in [2.24, 2.45) is 0 Å². The van der Waals surface area contributed by atoms with E-state index in [0.29, 0.717) is 12.3 Å². The number of likely N-dealkylation sites (N-methyl/N-ethyl adjacent to an activating group) is 1. The highest BCUT2D eigenvalue weighted by Crippen LogP contribution is 2.38. The van der Waals surface area contributed by atoms with Crippen LogP contribution in [-0.2, 0) is 15.9 Å². The summed E-state index contributed by atoms with van der Waals surface area (Å²) in [6.45, 7) is 8.78. The molecule has 5 nitrogen and oxygen atoms in total. The predicted octanol–water partition coefficient (Wildman–Crippen LogP) is 2.42. The summed E-state index contributed by atoms with van der Waals surface area (Å²) < 4.78 is 17.6. The Balaban J connectivity index is 2.33. The average Bonchev–Trinajstić information content (AvgIpc) is 2.74. The third-order valence-electron chi connectivity index (χ3n) is 4.77. The molecule has 24 heavy (non-hydrogen) atoms. The van der Waals surface area contributed by atoms with E-state index in [1.807, 2.05) is 59.0 Å². The molecular weight excluding hydrogens is 305 g/mol. The van der Waals surface area contributed by atoms with Crippen molar-refractivity contribution < 1.29 is 19.2 Å². The fraction of sp³-hybridized carbons (Fsp3) is 0.556.